The van der Waals surface area contributed by atoms with Gasteiger partial charge in [-0.3, -0.25) is 0 Å². The third kappa shape index (κ3) is 3.36. The van der Waals surface area contributed by atoms with Gasteiger partial charge in [0.2, 0.25) is 0 Å². The van der Waals surface area contributed by atoms with Gasteiger partial charge in [0.1, 0.15) is 11.5 Å². The van der Waals surface area contributed by atoms with Crippen LogP contribution in [0.4, 0.5) is 0 Å². The molecule has 190 valence electrons. The highest BCUT2D eigenvalue weighted by molar-refractivity contribution is 6.00. The van der Waals surface area contributed by atoms with Crippen LogP contribution in [-0.4, -0.2) is 0 Å². The maximum atomic E-state index is 6.50. The first-order chi connectivity index (χ1) is 19.7. The van der Waals surface area contributed by atoms with Crippen LogP contribution < -0.4 is 4.74 Å². The van der Waals surface area contributed by atoms with Gasteiger partial charge in [0, 0.05) is 11.1 Å². The van der Waals surface area contributed by atoms with E-state index in [0.717, 1.165) is 33.8 Å². The molecule has 2 aliphatic rings. The molecular formula is C39H28O. The Bertz CT molecular complexity index is 1830. The second kappa shape index (κ2) is 9.30. The van der Waals surface area contributed by atoms with Crippen molar-refractivity contribution >= 4 is 5.57 Å². The van der Waals surface area contributed by atoms with Crippen molar-refractivity contribution in [3.63, 3.8) is 0 Å². The van der Waals surface area contributed by atoms with Crippen molar-refractivity contribution in [3.8, 4) is 46.1 Å². The lowest BCUT2D eigenvalue weighted by Gasteiger charge is -2.40. The third-order valence-electron chi connectivity index (χ3n) is 8.32. The van der Waals surface area contributed by atoms with Gasteiger partial charge >= 0.3 is 0 Å². The van der Waals surface area contributed by atoms with Crippen molar-refractivity contribution in [1.82, 2.24) is 0 Å². The van der Waals surface area contributed by atoms with Gasteiger partial charge in [-0.15, -0.1) is 6.42 Å². The highest BCUT2D eigenvalue weighted by atomic mass is 16.5. The van der Waals surface area contributed by atoms with Crippen LogP contribution in [0.25, 0.3) is 27.8 Å². The first-order valence-electron chi connectivity index (χ1n) is 13.7. The van der Waals surface area contributed by atoms with Gasteiger partial charge in [0.15, 0.2) is 0 Å². The molecule has 1 aliphatic heterocycles. The Kier molecular flexibility index (Phi) is 5.58. The van der Waals surface area contributed by atoms with Crippen molar-refractivity contribution in [2.45, 2.75) is 19.3 Å². The number of fused-ring (bicyclic) bond motifs is 6. The molecule has 0 unspecified atom stereocenters. The summed E-state index contributed by atoms with van der Waals surface area (Å²) in [7, 11) is 0. The molecule has 0 aromatic heterocycles. The van der Waals surface area contributed by atoms with Crippen LogP contribution in [0, 0.1) is 19.3 Å². The second-order valence-electron chi connectivity index (χ2n) is 10.4. The summed E-state index contributed by atoms with van der Waals surface area (Å²) in [5.41, 5.74) is 12.4. The van der Waals surface area contributed by atoms with E-state index in [1.807, 2.05) is 18.2 Å². The average molecular weight is 513 g/mol. The van der Waals surface area contributed by atoms with E-state index < -0.39 is 5.41 Å². The minimum Gasteiger partial charge on any atom is -0.457 e. The summed E-state index contributed by atoms with van der Waals surface area (Å²) in [6, 6.07) is 41.1. The van der Waals surface area contributed by atoms with E-state index in [1.165, 1.54) is 39.0 Å². The topological polar surface area (TPSA) is 9.23 Å². The van der Waals surface area contributed by atoms with E-state index in [2.05, 4.69) is 129 Å². The smallest absolute Gasteiger partial charge is 0.132 e. The highest BCUT2D eigenvalue weighted by Gasteiger charge is 2.53. The van der Waals surface area contributed by atoms with Crippen LogP contribution in [0.2, 0.25) is 0 Å². The van der Waals surface area contributed by atoms with Gasteiger partial charge in [0.05, 0.1) is 5.41 Å². The Morgan fingerprint density at radius 2 is 1.20 bits per heavy atom. The maximum absolute atomic E-state index is 6.50. The van der Waals surface area contributed by atoms with Crippen LogP contribution in [0.3, 0.4) is 0 Å². The lowest BCUT2D eigenvalue weighted by molar-refractivity contribution is 0.436. The molecule has 0 N–H and O–H groups in total. The largest absolute Gasteiger partial charge is 0.457 e. The average Bonchev–Trinajstić information content (AvgIpc) is 3.28. The molecule has 0 atom stereocenters. The lowest BCUT2D eigenvalue weighted by atomic mass is 9.64. The molecule has 0 amide bonds. The van der Waals surface area contributed by atoms with E-state index in [9.17, 15) is 0 Å². The van der Waals surface area contributed by atoms with Crippen molar-refractivity contribution in [2.24, 2.45) is 0 Å². The fourth-order valence-corrected chi connectivity index (χ4v) is 6.66. The minimum absolute atomic E-state index is 0.565. The van der Waals surface area contributed by atoms with E-state index in [4.69, 9.17) is 11.2 Å². The molecular weight excluding hydrogens is 484 g/mol. The summed E-state index contributed by atoms with van der Waals surface area (Å²) in [5.74, 6) is 4.59. The summed E-state index contributed by atoms with van der Waals surface area (Å²) < 4.78 is 6.50. The van der Waals surface area contributed by atoms with E-state index in [0.29, 0.717) is 0 Å². The van der Waals surface area contributed by atoms with Crippen molar-refractivity contribution < 1.29 is 4.74 Å². The quantitative estimate of drug-likeness (QED) is 0.214. The minimum atomic E-state index is -0.565. The van der Waals surface area contributed by atoms with Gasteiger partial charge in [-0.2, -0.15) is 0 Å². The molecule has 1 heterocycles. The molecule has 1 nitrogen and oxygen atoms in total. The van der Waals surface area contributed by atoms with E-state index >= 15 is 0 Å². The summed E-state index contributed by atoms with van der Waals surface area (Å²) in [6.07, 6.45) is 10.1. The number of para-hydroxylation sites is 2. The SMILES string of the molecule is C#CC=C1/C(=C\C)C2(c3ccccc3Oc3ccccc32)c2c1cccc2-c1ccc(-c2ccc(C)cc2)cc1. The molecule has 0 radical (unpaired) electrons. The number of rotatable bonds is 2. The van der Waals surface area contributed by atoms with Gasteiger partial charge in [0.25, 0.3) is 0 Å². The maximum Gasteiger partial charge on any atom is 0.132 e. The van der Waals surface area contributed by atoms with E-state index in [-0.39, 0.29) is 0 Å². The Morgan fingerprint density at radius 1 is 0.650 bits per heavy atom. The van der Waals surface area contributed by atoms with Crippen molar-refractivity contribution in [2.75, 3.05) is 0 Å². The standard InChI is InChI=1S/C39H28O/c1-4-11-31-32-13-10-12-30(29-24-22-28(23-25-29)27-20-18-26(3)19-21-27)38(32)39(33(31)5-2)34-14-6-8-16-36(34)40-37-17-9-7-15-35(37)39/h1,5-25H,2-3H3/b31-11?,33-5+. The van der Waals surface area contributed by atoms with Crippen LogP contribution in [0.1, 0.15) is 34.7 Å². The Balaban J connectivity index is 1.54. The molecule has 7 rings (SSSR count). The fraction of sp³-hybridized carbons (Fsp3) is 0.0769. The zero-order valence-corrected chi connectivity index (χ0v) is 22.6. The van der Waals surface area contributed by atoms with Gasteiger partial charge in [-0.05, 0) is 76.6 Å². The first-order valence-corrected chi connectivity index (χ1v) is 13.7. The molecule has 0 saturated heterocycles. The molecule has 1 aliphatic carbocycles. The number of allylic oxidation sites excluding steroid dienone is 4. The normalized spacial score (nSPS) is 16.2. The number of hydrogen-bond acceptors (Lipinski definition) is 1. The molecule has 5 aromatic carbocycles. The summed E-state index contributed by atoms with van der Waals surface area (Å²) >= 11 is 0. The zero-order chi connectivity index (χ0) is 27.3. The number of ether oxygens (including phenoxy) is 1. The summed E-state index contributed by atoms with van der Waals surface area (Å²) in [5, 5.41) is 0. The van der Waals surface area contributed by atoms with Crippen molar-refractivity contribution in [1.29, 1.82) is 0 Å². The Morgan fingerprint density at radius 3 is 1.80 bits per heavy atom. The number of aryl methyl sites for hydroxylation is 1. The summed E-state index contributed by atoms with van der Waals surface area (Å²) in [4.78, 5) is 0. The number of benzene rings is 5. The van der Waals surface area contributed by atoms with Crippen LogP contribution in [0.15, 0.2) is 133 Å². The first kappa shape index (κ1) is 24.0. The van der Waals surface area contributed by atoms with Gasteiger partial charge in [-0.1, -0.05) is 121 Å². The number of hydrogen-bond donors (Lipinski definition) is 0. The Labute approximate surface area is 236 Å². The molecule has 0 fully saturated rings. The van der Waals surface area contributed by atoms with Crippen LogP contribution >= 0.6 is 0 Å². The zero-order valence-electron chi connectivity index (χ0n) is 22.6. The lowest BCUT2D eigenvalue weighted by Crippen LogP contribution is -2.32. The van der Waals surface area contributed by atoms with E-state index in [1.54, 1.807) is 0 Å². The Hall–Kier alpha value is -5.06. The molecule has 5 aromatic rings. The van der Waals surface area contributed by atoms with Gasteiger partial charge < -0.3 is 4.74 Å². The highest BCUT2D eigenvalue weighted by Crippen LogP contribution is 2.64. The number of terminal acetylenes is 1. The fourth-order valence-electron chi connectivity index (χ4n) is 6.66. The third-order valence-corrected chi connectivity index (χ3v) is 8.32. The summed E-state index contributed by atoms with van der Waals surface area (Å²) in [6.45, 7) is 4.23. The molecule has 1 heteroatoms. The molecule has 0 bridgehead atoms. The predicted molar refractivity (Wildman–Crippen MR) is 165 cm³/mol. The molecule has 40 heavy (non-hydrogen) atoms. The van der Waals surface area contributed by atoms with Gasteiger partial charge in [-0.25, -0.2) is 0 Å². The molecule has 0 saturated carbocycles. The van der Waals surface area contributed by atoms with Crippen LogP contribution in [0.5, 0.6) is 11.5 Å². The molecule has 1 spiro atoms. The van der Waals surface area contributed by atoms with Crippen LogP contribution in [-0.2, 0) is 5.41 Å². The monoisotopic (exact) mass is 512 g/mol. The second-order valence-corrected chi connectivity index (χ2v) is 10.4. The van der Waals surface area contributed by atoms with Crippen molar-refractivity contribution in [3.05, 3.63) is 161 Å². The predicted octanol–water partition coefficient (Wildman–Crippen LogP) is 9.75.